The van der Waals surface area contributed by atoms with E-state index in [-0.39, 0.29) is 114 Å². The van der Waals surface area contributed by atoms with E-state index in [0.717, 1.165) is 45.7 Å². The molecule has 0 amide bonds. The van der Waals surface area contributed by atoms with Crippen molar-refractivity contribution in [2.24, 2.45) is 21.1 Å². The summed E-state index contributed by atoms with van der Waals surface area (Å²) in [5, 5.41) is 0. The number of aromatic nitrogens is 4. The molecule has 0 spiro atoms. The van der Waals surface area contributed by atoms with Crippen LogP contribution in [0.15, 0.2) is 110 Å². The molecule has 572 valence electrons. The second kappa shape index (κ2) is 69.1. The summed E-state index contributed by atoms with van der Waals surface area (Å²) in [4.78, 5) is 69.0. The van der Waals surface area contributed by atoms with Crippen molar-refractivity contribution in [2.45, 2.75) is 35.1 Å². The van der Waals surface area contributed by atoms with E-state index < -0.39 is 140 Å². The van der Waals surface area contributed by atoms with Gasteiger partial charge in [0.25, 0.3) is 22.2 Å². The predicted octanol–water partition coefficient (Wildman–Crippen LogP) is -21.2. The predicted molar refractivity (Wildman–Crippen MR) is 684 cm³/mol. The van der Waals surface area contributed by atoms with Gasteiger partial charge in [-0.3, -0.25) is 41.5 Å². The normalized spacial score (nSPS) is 9.43. The molecule has 86 heteroatoms. The molecule has 2 aromatic carbocycles. The zero-order valence-electron chi connectivity index (χ0n) is 72.3. The molecular weight excluding hydrogens is 1820 g/mol. The Labute approximate surface area is 885 Å². The molecule has 1 N–H and O–H groups in total. The first-order valence-electron chi connectivity index (χ1n) is 37.8. The van der Waals surface area contributed by atoms with E-state index in [1.54, 1.807) is 119 Å². The molecule has 0 fully saturated rings. The van der Waals surface area contributed by atoms with E-state index >= 15 is 0 Å². The second-order valence-electron chi connectivity index (χ2n) is 29.2. The number of ether oxygens (including phenoxy) is 4. The molecule has 0 atom stereocenters. The number of rotatable bonds is 34. The Kier molecular flexibility index (Phi) is 72.0. The third-order valence-electron chi connectivity index (χ3n) is 19.6. The SMILES string of the molecule is C.COc1cc(-c2cc(C)c(=O)n(C)c2)cc(OC)c1C=O.COc1cc(Br)cc(OC)c1C=O.Cc1cc(Br)c[nH]c1=O.Cc1cc(Br)cn(C)c1=O.Cc1cc(Br)cn(C)c1=O.[B]B([B])B(B([B])[B])B(B(B([B])[B])B([B])[B])B(B([B])[B])B([BH3-])[BH3-].[B]B([B])B(B([B])[B])B(B(B([B])[B])B([B])[B])B(B([B])[B])B([BH3-])[BH3-].[B]B([B])B(B([B])[B])B(B(B([B])[B])B([B])[B])B(B([B])[B])B([B])[BH3-].[B][BH3-]. The lowest BCUT2D eigenvalue weighted by molar-refractivity contribution is 0.111. The minimum atomic E-state index is -0.843. The fourth-order valence-electron chi connectivity index (χ4n) is 13.5. The number of carbonyl (C=O) groups is 2. The van der Waals surface area contributed by atoms with Gasteiger partial charge < -0.3 is 37.6 Å². The van der Waals surface area contributed by atoms with E-state index in [1.165, 1.54) is 33.0 Å². The second-order valence-corrected chi connectivity index (χ2v) is 32.9. The lowest BCUT2D eigenvalue weighted by Crippen LogP contribution is -2.83. The molecule has 0 aliphatic carbocycles. The monoisotopic (exact) mass is 1900 g/mol. The molecule has 4 heterocycles. The van der Waals surface area contributed by atoms with Gasteiger partial charge in [0.2, 0.25) is 0 Å². The quantitative estimate of drug-likeness (QED) is 0.0303. The average Bonchev–Trinajstić information content (AvgIpc) is 0.805. The van der Waals surface area contributed by atoms with Gasteiger partial charge in [0.1, 0.15) is 23.0 Å². The Hall–Kier alpha value is -0.884. The fourth-order valence-corrected chi connectivity index (χ4v) is 15.6. The molecule has 14 nitrogen and oxygen atoms in total. The molecule has 64 radical (unpaired) electrons. The highest BCUT2D eigenvalue weighted by atomic mass is 79.9. The minimum absolute atomic E-state index is 0. The number of aldehydes is 2. The number of hydrogen-bond donors (Lipinski definition) is 1. The van der Waals surface area contributed by atoms with Crippen LogP contribution in [0.3, 0.4) is 0 Å². The zero-order chi connectivity index (χ0) is 103. The fraction of sp³-hybridized carbons (Fsp3) is 0.261. The van der Waals surface area contributed by atoms with Gasteiger partial charge in [-0.25, -0.2) is 0 Å². The van der Waals surface area contributed by atoms with Gasteiger partial charge >= 0.3 is 0 Å². The number of nitrogens with one attached hydrogen (secondary N) is 1. The highest BCUT2D eigenvalue weighted by Gasteiger charge is 2.48. The van der Waals surface area contributed by atoms with Crippen LogP contribution < -0.4 is 41.2 Å². The number of hydrogen-bond acceptors (Lipinski definition) is 10. The Balaban J connectivity index is -0.000000720. The average molecular weight is 1890 g/mol. The first-order chi connectivity index (χ1) is 60.4. The molecule has 6 aromatic rings. The third kappa shape index (κ3) is 45.4. The van der Waals surface area contributed by atoms with Crippen molar-refractivity contribution in [2.75, 3.05) is 28.4 Å². The smallest absolute Gasteiger partial charge is 0.253 e. The molecule has 132 heavy (non-hydrogen) atoms. The Morgan fingerprint density at radius 3 is 0.712 bits per heavy atom. The summed E-state index contributed by atoms with van der Waals surface area (Å²) in [6.07, 6.45) is -6.59. The van der Waals surface area contributed by atoms with Gasteiger partial charge in [-0.1, -0.05) is 51.6 Å². The Morgan fingerprint density at radius 1 is 0.303 bits per heavy atom. The number of H-pyrrole nitrogens is 1. The van der Waals surface area contributed by atoms with E-state index in [4.69, 9.17) is 267 Å². The van der Waals surface area contributed by atoms with Crippen LogP contribution in [-0.2, 0) is 21.1 Å². The van der Waals surface area contributed by atoms with Gasteiger partial charge in [0, 0.05) is 86.1 Å². The zero-order valence-corrected chi connectivity index (χ0v) is 78.7. The molecule has 0 saturated carbocycles. The van der Waals surface area contributed by atoms with Crippen LogP contribution in [-0.4, -0.2) is 545 Å². The summed E-state index contributed by atoms with van der Waals surface area (Å²) in [5.74, 6) is 1.87. The minimum Gasteiger partial charge on any atom is -0.496 e. The van der Waals surface area contributed by atoms with E-state index in [2.05, 4.69) is 68.7 Å². The van der Waals surface area contributed by atoms with Crippen molar-refractivity contribution >= 4 is 562 Å². The molecule has 0 unspecified atom stereocenters. The standard InChI is InChI=1S/C16H17NO4.C9H9BrO3.2C7H8BrNO.C6H6BrNO.CH4.2B22H6.B22H3.B2H3/c1-10-5-12(8-17(2)16(10)19)11-6-14(20-3)13(9-18)15(7-11)21-4;1-12-8-3-6(10)4-9(13-2)7(8)5-11;2*1-5-3-6(8)4-9(2)7(5)10;1-4-2-5(7)3-8-6(4)9;;3*1-13(2)19(14(3)4)22(20(15(5)6)16(7)8)21(17(9)10)18(11)12;1-2/h5-9H,1-4H3;3-5H,1-2H3;2*3-4H,1-2H3;2-3H,1H3,(H,8,9);1H4;2*1-2H3;1H3;1H3/q;;;;;;2*-2;2*-1. The maximum absolute atomic E-state index is 11.8. The summed E-state index contributed by atoms with van der Waals surface area (Å²) >= 11 is 13.1. The van der Waals surface area contributed by atoms with Crippen molar-refractivity contribution in [3.8, 4) is 34.1 Å². The molecule has 0 saturated heterocycles. The van der Waals surface area contributed by atoms with Crippen LogP contribution in [0.4, 0.5) is 0 Å². The summed E-state index contributed by atoms with van der Waals surface area (Å²) in [7, 11) is 200. The van der Waals surface area contributed by atoms with Gasteiger partial charge in [-0.15, -0.1) is 37.3 Å². The van der Waals surface area contributed by atoms with E-state index in [0.29, 0.717) is 65.0 Å². The molecule has 0 bridgehead atoms. The van der Waals surface area contributed by atoms with Crippen LogP contribution in [0.2, 0.25) is 0 Å². The van der Waals surface area contributed by atoms with Gasteiger partial charge in [0.05, 0.1) is 39.6 Å². The van der Waals surface area contributed by atoms with Gasteiger partial charge in [-0.05, 0) is 535 Å². The van der Waals surface area contributed by atoms with Crippen molar-refractivity contribution in [3.05, 3.63) is 166 Å². The highest BCUT2D eigenvalue weighted by Crippen LogP contribution is 2.35. The van der Waals surface area contributed by atoms with Gasteiger partial charge in [-0.2, -0.15) is 7.74 Å². The van der Waals surface area contributed by atoms with Crippen LogP contribution in [0.25, 0.3) is 11.1 Å². The number of nitrogens with zero attached hydrogens (tertiary/aromatic N) is 3. The highest BCUT2D eigenvalue weighted by molar-refractivity contribution is 9.11. The molecule has 6 rings (SSSR count). The lowest BCUT2D eigenvalue weighted by atomic mass is 8.36. The largest absolute Gasteiger partial charge is 0.496 e. The van der Waals surface area contributed by atoms with Crippen molar-refractivity contribution in [3.63, 3.8) is 0 Å². The number of aromatic amines is 1. The molecule has 0 aliphatic heterocycles. The summed E-state index contributed by atoms with van der Waals surface area (Å²) in [5.41, 5.74) is 5.40. The number of benzene rings is 2. The maximum Gasteiger partial charge on any atom is 0.253 e. The maximum atomic E-state index is 11.8. The summed E-state index contributed by atoms with van der Waals surface area (Å²) in [6.45, 7) is 7.13. The van der Waals surface area contributed by atoms with Crippen molar-refractivity contribution in [1.29, 1.82) is 0 Å². The van der Waals surface area contributed by atoms with Crippen LogP contribution >= 0.6 is 63.7 Å². The third-order valence-corrected chi connectivity index (χ3v) is 21.4. The van der Waals surface area contributed by atoms with Gasteiger partial charge in [0.15, 0.2) is 12.6 Å². The number of pyridine rings is 4. The first-order valence-corrected chi connectivity index (χ1v) is 40.9. The van der Waals surface area contributed by atoms with E-state index in [1.807, 2.05) is 12.1 Å². The number of aryl methyl sites for hydroxylation is 7. The van der Waals surface area contributed by atoms with E-state index in [9.17, 15) is 28.8 Å². The number of carbonyl (C=O) groups excluding carboxylic acids is 2. The summed E-state index contributed by atoms with van der Waals surface area (Å²) < 4.78 is 28.8. The first kappa shape index (κ1) is 137. The van der Waals surface area contributed by atoms with Crippen LogP contribution in [0, 0.1) is 27.7 Å². The molecule has 4 aromatic heterocycles. The van der Waals surface area contributed by atoms with Crippen molar-refractivity contribution in [1.82, 2.24) is 18.7 Å². The Morgan fingerprint density at radius 2 is 0.523 bits per heavy atom. The van der Waals surface area contributed by atoms with Crippen LogP contribution in [0.5, 0.6) is 23.0 Å². The molecule has 0 aliphatic rings. The number of halogens is 4. The molecular formula is C46H70B68Br4N4O10-6. The lowest BCUT2D eigenvalue weighted by Gasteiger charge is -2.48. The summed E-state index contributed by atoms with van der Waals surface area (Å²) in [6, 6.07) is 14.1. The number of methoxy groups -OCH3 is 4. The van der Waals surface area contributed by atoms with Crippen molar-refractivity contribution < 1.29 is 28.5 Å². The Bertz CT molecular complexity index is 4020. The topological polar surface area (TPSA) is 170 Å². The van der Waals surface area contributed by atoms with Crippen LogP contribution in [0.1, 0.15) is 50.4 Å².